The zero-order chi connectivity index (χ0) is 44.9. The second-order valence-electron chi connectivity index (χ2n) is 17.0. The van der Waals surface area contributed by atoms with Gasteiger partial charge >= 0.3 is 11.9 Å². The maximum absolute atomic E-state index is 12.8. The highest BCUT2D eigenvalue weighted by atomic mass is 16.7. The highest BCUT2D eigenvalue weighted by molar-refractivity contribution is 5.70. The first kappa shape index (κ1) is 57.7. The van der Waals surface area contributed by atoms with Crippen LogP contribution in [0.5, 0.6) is 0 Å². The van der Waals surface area contributed by atoms with Gasteiger partial charge in [-0.15, -0.1) is 0 Å². The molecule has 0 heterocycles. The first-order valence-corrected chi connectivity index (χ1v) is 24.1. The molecule has 2 unspecified atom stereocenters. The average molecular weight is 856 g/mol. The summed E-state index contributed by atoms with van der Waals surface area (Å²) in [4.78, 5) is 37.1. The van der Waals surface area contributed by atoms with Crippen LogP contribution in [0.3, 0.4) is 0 Å². The van der Waals surface area contributed by atoms with Gasteiger partial charge in [0.15, 0.2) is 12.4 Å². The second-order valence-corrected chi connectivity index (χ2v) is 17.0. The van der Waals surface area contributed by atoms with E-state index in [9.17, 15) is 19.5 Å². The van der Waals surface area contributed by atoms with Crippen LogP contribution in [0.4, 0.5) is 0 Å². The summed E-state index contributed by atoms with van der Waals surface area (Å²) in [6.45, 7) is 4.58. The van der Waals surface area contributed by atoms with Crippen molar-refractivity contribution in [2.24, 2.45) is 0 Å². The molecule has 0 aliphatic carbocycles. The Balaban J connectivity index is 4.46. The number of carboxylic acid groups (broad SMARTS) is 1. The third kappa shape index (κ3) is 44.6. The average Bonchev–Trinajstić information content (AvgIpc) is 3.22. The van der Waals surface area contributed by atoms with Crippen LogP contribution in [0.25, 0.3) is 0 Å². The van der Waals surface area contributed by atoms with Crippen LogP contribution >= 0.6 is 0 Å². The first-order valence-electron chi connectivity index (χ1n) is 24.1. The molecule has 0 rings (SSSR count). The summed E-state index contributed by atoms with van der Waals surface area (Å²) < 4.78 is 22.6. The second kappa shape index (κ2) is 43.4. The monoisotopic (exact) mass is 856 g/mol. The van der Waals surface area contributed by atoms with E-state index in [1.165, 1.54) is 44.9 Å². The molecule has 0 N–H and O–H groups in total. The number of unbranched alkanes of at least 4 members (excludes halogenated alkanes) is 16. The zero-order valence-corrected chi connectivity index (χ0v) is 39.5. The SMILES string of the molecule is CC/C=C\C/C=C\C/C=C\C/C=C\C/C=C\CCCCCCCC(=O)OC(COC(=O)CCCCCCC/C=C\CCCCCCCC)COC(OCC[N+](C)(C)C)C(=O)[O-]. The highest BCUT2D eigenvalue weighted by Gasteiger charge is 2.21. The first-order chi connectivity index (χ1) is 29.6. The molecule has 61 heavy (non-hydrogen) atoms. The summed E-state index contributed by atoms with van der Waals surface area (Å²) in [5.74, 6) is -2.33. The van der Waals surface area contributed by atoms with Crippen molar-refractivity contribution in [1.82, 2.24) is 0 Å². The van der Waals surface area contributed by atoms with Gasteiger partial charge in [-0.25, -0.2) is 0 Å². The van der Waals surface area contributed by atoms with Crippen molar-refractivity contribution in [2.45, 2.75) is 193 Å². The van der Waals surface area contributed by atoms with E-state index in [-0.39, 0.29) is 38.6 Å². The van der Waals surface area contributed by atoms with Crippen molar-refractivity contribution in [3.63, 3.8) is 0 Å². The molecule has 0 fully saturated rings. The van der Waals surface area contributed by atoms with Gasteiger partial charge in [-0.1, -0.05) is 157 Å². The number of hydrogen-bond donors (Lipinski definition) is 0. The number of carbonyl (C=O) groups is 3. The van der Waals surface area contributed by atoms with Gasteiger partial charge in [0, 0.05) is 12.8 Å². The molecule has 0 aromatic heterocycles. The van der Waals surface area contributed by atoms with Gasteiger partial charge in [0.25, 0.3) is 0 Å². The Kier molecular flexibility index (Phi) is 41.1. The molecule has 2 atom stereocenters. The van der Waals surface area contributed by atoms with Gasteiger partial charge in [0.1, 0.15) is 13.2 Å². The Labute approximate surface area is 373 Å². The van der Waals surface area contributed by atoms with Gasteiger partial charge in [-0.2, -0.15) is 0 Å². The van der Waals surface area contributed by atoms with E-state index in [0.29, 0.717) is 17.4 Å². The van der Waals surface area contributed by atoms with Gasteiger partial charge < -0.3 is 33.3 Å². The third-order valence-electron chi connectivity index (χ3n) is 9.94. The third-order valence-corrected chi connectivity index (χ3v) is 9.94. The highest BCUT2D eigenvalue weighted by Crippen LogP contribution is 2.13. The van der Waals surface area contributed by atoms with E-state index < -0.39 is 24.3 Å². The predicted octanol–water partition coefficient (Wildman–Crippen LogP) is 11.8. The van der Waals surface area contributed by atoms with Crippen molar-refractivity contribution in [3.05, 3.63) is 72.9 Å². The fraction of sp³-hybridized carbons (Fsp3) is 0.712. The van der Waals surface area contributed by atoms with Crippen LogP contribution in [0.15, 0.2) is 72.9 Å². The molecular formula is C52H89NO8. The topological polar surface area (TPSA) is 111 Å². The molecule has 0 aliphatic heterocycles. The molecular weight excluding hydrogens is 767 g/mol. The van der Waals surface area contributed by atoms with E-state index in [0.717, 1.165) is 103 Å². The number of quaternary nitrogens is 1. The Morgan fingerprint density at radius 1 is 0.508 bits per heavy atom. The minimum atomic E-state index is -1.63. The van der Waals surface area contributed by atoms with E-state index in [1.54, 1.807) is 0 Å². The molecule has 350 valence electrons. The number of aliphatic carboxylic acids is 1. The number of likely N-dealkylation sites (N-methyl/N-ethyl adjacent to an activating group) is 1. The fourth-order valence-corrected chi connectivity index (χ4v) is 6.20. The molecule has 0 aromatic rings. The molecule has 0 bridgehead atoms. The number of ether oxygens (including phenoxy) is 4. The lowest BCUT2D eigenvalue weighted by Crippen LogP contribution is -2.44. The normalized spacial score (nSPS) is 13.5. The summed E-state index contributed by atoms with van der Waals surface area (Å²) in [6.07, 6.45) is 50.7. The predicted molar refractivity (Wildman–Crippen MR) is 251 cm³/mol. The van der Waals surface area contributed by atoms with Gasteiger partial charge in [-0.3, -0.25) is 9.59 Å². The Hall–Kier alpha value is -3.27. The molecule has 0 radical (unpaired) electrons. The molecule has 0 amide bonds. The van der Waals surface area contributed by atoms with E-state index in [1.807, 2.05) is 21.1 Å². The van der Waals surface area contributed by atoms with Gasteiger partial charge in [-0.05, 0) is 83.5 Å². The van der Waals surface area contributed by atoms with Gasteiger partial charge in [0.05, 0.1) is 40.3 Å². The lowest BCUT2D eigenvalue weighted by molar-refractivity contribution is -0.870. The van der Waals surface area contributed by atoms with Crippen molar-refractivity contribution in [1.29, 1.82) is 0 Å². The quantitative estimate of drug-likeness (QED) is 0.0196. The smallest absolute Gasteiger partial charge is 0.306 e. The van der Waals surface area contributed by atoms with Crippen LogP contribution < -0.4 is 5.11 Å². The molecule has 0 aliphatic rings. The summed E-state index contributed by atoms with van der Waals surface area (Å²) in [6, 6.07) is 0. The number of nitrogens with zero attached hydrogens (tertiary/aromatic N) is 1. The van der Waals surface area contributed by atoms with Crippen LogP contribution in [0, 0.1) is 0 Å². The lowest BCUT2D eigenvalue weighted by atomic mass is 10.1. The van der Waals surface area contributed by atoms with Crippen molar-refractivity contribution >= 4 is 17.9 Å². The molecule has 0 saturated carbocycles. The summed E-state index contributed by atoms with van der Waals surface area (Å²) >= 11 is 0. The van der Waals surface area contributed by atoms with Crippen LogP contribution in [0.1, 0.15) is 181 Å². The van der Waals surface area contributed by atoms with Crippen LogP contribution in [-0.4, -0.2) is 82.3 Å². The Morgan fingerprint density at radius 2 is 0.934 bits per heavy atom. The van der Waals surface area contributed by atoms with Gasteiger partial charge in [0.2, 0.25) is 0 Å². The summed E-state index contributed by atoms with van der Waals surface area (Å²) in [5.41, 5.74) is 0. The summed E-state index contributed by atoms with van der Waals surface area (Å²) in [5, 5.41) is 11.7. The molecule has 9 nitrogen and oxygen atoms in total. The standard InChI is InChI=1S/C52H89NO8/c1-6-8-10-12-14-16-18-20-22-23-24-25-26-27-29-31-33-35-37-39-41-43-50(55)61-48(47-60-52(51(56)57)58-45-44-53(3,4)5)46-59-49(54)42-40-38-36-34-32-30-28-21-19-17-15-13-11-9-7-2/h8,10,14,16,20-22,24-25,27-29,48,52H,6-7,9,11-13,15,17-19,23,26,30-47H2,1-5H3/b10-8-,16-14-,22-20-,25-24-,28-21-,29-27-. The maximum atomic E-state index is 12.8. The minimum Gasteiger partial charge on any atom is -0.545 e. The van der Waals surface area contributed by atoms with Crippen molar-refractivity contribution in [2.75, 3.05) is 47.5 Å². The number of allylic oxidation sites excluding steroid dienone is 12. The number of carboxylic acids is 1. The van der Waals surface area contributed by atoms with Crippen molar-refractivity contribution < 1.29 is 42.9 Å². The number of esters is 2. The molecule has 0 spiro atoms. The van der Waals surface area contributed by atoms with E-state index in [4.69, 9.17) is 18.9 Å². The number of hydrogen-bond acceptors (Lipinski definition) is 8. The minimum absolute atomic E-state index is 0.139. The van der Waals surface area contributed by atoms with E-state index in [2.05, 4.69) is 86.8 Å². The van der Waals surface area contributed by atoms with E-state index >= 15 is 0 Å². The molecule has 0 saturated heterocycles. The lowest BCUT2D eigenvalue weighted by Gasteiger charge is -2.26. The van der Waals surface area contributed by atoms with Crippen molar-refractivity contribution in [3.8, 4) is 0 Å². The molecule has 9 heteroatoms. The van der Waals surface area contributed by atoms with Crippen LogP contribution in [-0.2, 0) is 33.3 Å². The summed E-state index contributed by atoms with van der Waals surface area (Å²) in [7, 11) is 5.89. The largest absolute Gasteiger partial charge is 0.545 e. The molecule has 0 aromatic carbocycles. The maximum Gasteiger partial charge on any atom is 0.306 e. The fourth-order valence-electron chi connectivity index (χ4n) is 6.20. The number of rotatable bonds is 43. The Morgan fingerprint density at radius 3 is 1.41 bits per heavy atom. The Bertz CT molecular complexity index is 1230. The van der Waals surface area contributed by atoms with Crippen LogP contribution in [0.2, 0.25) is 0 Å². The zero-order valence-electron chi connectivity index (χ0n) is 39.5. The number of carbonyl (C=O) groups excluding carboxylic acids is 3.